The molecule has 0 aromatic rings. The summed E-state index contributed by atoms with van der Waals surface area (Å²) in [5, 5.41) is 23.3. The van der Waals surface area contributed by atoms with Gasteiger partial charge in [0.1, 0.15) is 5.97 Å². The number of rotatable bonds is 2. The van der Waals surface area contributed by atoms with Gasteiger partial charge in [0.05, 0.1) is 0 Å². The number of hydrogen-bond donors (Lipinski definition) is 1. The summed E-state index contributed by atoms with van der Waals surface area (Å²) in [6.45, 7) is 1.90. The Balaban J connectivity index is 0. The summed E-state index contributed by atoms with van der Waals surface area (Å²) in [6, 6.07) is 0. The topological polar surface area (TPSA) is 80.6 Å². The molecular weight excluding hydrogens is 152 g/mol. The second-order valence-electron chi connectivity index (χ2n) is 1.64. The van der Waals surface area contributed by atoms with Crippen molar-refractivity contribution in [3.63, 3.8) is 0 Å². The monoisotopic (exact) mass is 158 g/mol. The SMILES string of the molecule is CCO[B-](C#N)(C#N)C#[NH+].[Na+]. The van der Waals surface area contributed by atoms with Crippen LogP contribution in [0.3, 0.4) is 0 Å². The van der Waals surface area contributed by atoms with Gasteiger partial charge in [0.15, 0.2) is 0 Å². The Hall–Kier alpha value is -0.505. The molecule has 0 radical (unpaired) electrons. The molecule has 11 heavy (non-hydrogen) atoms. The minimum Gasteiger partial charge on any atom is -0.554 e. The van der Waals surface area contributed by atoms with Gasteiger partial charge in [-0.15, -0.1) is 5.26 Å². The Kier molecular flexibility index (Phi) is 7.41. The summed E-state index contributed by atoms with van der Waals surface area (Å²) in [4.78, 5) is 0. The number of nitriles is 2. The molecule has 0 aliphatic heterocycles. The molecule has 0 bridgehead atoms. The zero-order valence-corrected chi connectivity index (χ0v) is 8.59. The molecule has 0 aliphatic carbocycles. The standard InChI is InChI=1S/C5H5BN3O.Na/c1-2-10-6(3-7,4-8)5-9;/h2H2,1H3;/q-1;+1/p+1. The van der Waals surface area contributed by atoms with Gasteiger partial charge in [0, 0.05) is 0 Å². The van der Waals surface area contributed by atoms with E-state index in [1.54, 1.807) is 24.8 Å². The maximum atomic E-state index is 8.36. The third-order valence-corrected chi connectivity index (χ3v) is 0.984. The normalized spacial score (nSPS) is 8.18. The molecule has 0 amide bonds. The van der Waals surface area contributed by atoms with Gasteiger partial charge in [-0.25, -0.2) is 10.5 Å². The second kappa shape index (κ2) is 6.22. The quantitative estimate of drug-likeness (QED) is 0.410. The molecule has 0 unspecified atom stereocenters. The molecular formula is C5H6BN3NaO+. The number of nitrogens with one attached hydrogen (secondary N) is 1. The van der Waals surface area contributed by atoms with E-state index >= 15 is 0 Å². The van der Waals surface area contributed by atoms with Crippen LogP contribution in [0.15, 0.2) is 0 Å². The van der Waals surface area contributed by atoms with Crippen molar-refractivity contribution in [2.45, 2.75) is 6.92 Å². The third-order valence-electron chi connectivity index (χ3n) is 0.984. The summed E-state index contributed by atoms with van der Waals surface area (Å²) in [5.74, 6) is 4.98. The van der Waals surface area contributed by atoms with Gasteiger partial charge < -0.3 is 4.65 Å². The maximum Gasteiger partial charge on any atom is 1.00 e. The first-order chi connectivity index (χ1) is 4.74. The molecule has 0 fully saturated rings. The first kappa shape index (κ1) is 13.1. The predicted molar refractivity (Wildman–Crippen MR) is 33.5 cm³/mol. The Morgan fingerprint density at radius 1 is 1.45 bits per heavy atom. The van der Waals surface area contributed by atoms with Crippen LogP contribution in [0, 0.1) is 28.4 Å². The van der Waals surface area contributed by atoms with E-state index in [1.165, 1.54) is 0 Å². The van der Waals surface area contributed by atoms with E-state index in [0.717, 1.165) is 0 Å². The Morgan fingerprint density at radius 3 is 2.00 bits per heavy atom. The zero-order valence-electron chi connectivity index (χ0n) is 6.59. The van der Waals surface area contributed by atoms with E-state index in [9.17, 15) is 0 Å². The molecule has 0 atom stereocenters. The summed E-state index contributed by atoms with van der Waals surface area (Å²) in [6.07, 6.45) is -2.42. The summed E-state index contributed by atoms with van der Waals surface area (Å²) in [7, 11) is 0. The summed E-state index contributed by atoms with van der Waals surface area (Å²) >= 11 is 0. The third kappa shape index (κ3) is 3.42. The Morgan fingerprint density at radius 2 is 1.91 bits per heavy atom. The van der Waals surface area contributed by atoms with E-state index < -0.39 is 6.35 Å². The Bertz CT molecular complexity index is 200. The van der Waals surface area contributed by atoms with E-state index in [0.29, 0.717) is 0 Å². The van der Waals surface area contributed by atoms with Gasteiger partial charge in [-0.1, -0.05) is 11.9 Å². The van der Waals surface area contributed by atoms with Gasteiger partial charge in [-0.3, -0.25) is 0 Å². The van der Waals surface area contributed by atoms with Gasteiger partial charge >= 0.3 is 35.9 Å². The van der Waals surface area contributed by atoms with Gasteiger partial charge in [-0.05, 0) is 13.5 Å². The van der Waals surface area contributed by atoms with Crippen molar-refractivity contribution in [1.29, 1.82) is 10.5 Å². The largest absolute Gasteiger partial charge is 1.00 e. The van der Waals surface area contributed by atoms with Crippen molar-refractivity contribution < 1.29 is 39.5 Å². The van der Waals surface area contributed by atoms with Crippen LogP contribution in [0.4, 0.5) is 0 Å². The molecule has 0 saturated carbocycles. The molecule has 6 heteroatoms. The average molecular weight is 158 g/mol. The fraction of sp³-hybridized carbons (Fsp3) is 0.400. The van der Waals surface area contributed by atoms with Crippen LogP contribution in [0.1, 0.15) is 6.92 Å². The van der Waals surface area contributed by atoms with Crippen LogP contribution in [0.2, 0.25) is 0 Å². The van der Waals surface area contributed by atoms with Crippen LogP contribution in [0.5, 0.6) is 0 Å². The van der Waals surface area contributed by atoms with Crippen LogP contribution in [-0.4, -0.2) is 13.0 Å². The summed E-state index contributed by atoms with van der Waals surface area (Å²) in [5.41, 5.74) is 0. The van der Waals surface area contributed by atoms with E-state index in [-0.39, 0.29) is 36.2 Å². The minimum atomic E-state index is -2.42. The summed E-state index contributed by atoms with van der Waals surface area (Å²) < 4.78 is 4.72. The maximum absolute atomic E-state index is 8.36. The van der Waals surface area contributed by atoms with Crippen LogP contribution in [-0.2, 0) is 4.65 Å². The molecule has 0 spiro atoms. The minimum absolute atomic E-state index is 0. The van der Waals surface area contributed by atoms with E-state index in [2.05, 4.69) is 0 Å². The van der Waals surface area contributed by atoms with Crippen LogP contribution in [0.25, 0.3) is 0 Å². The van der Waals surface area contributed by atoms with E-state index in [1.807, 2.05) is 0 Å². The van der Waals surface area contributed by atoms with Crippen molar-refractivity contribution in [2.75, 3.05) is 6.61 Å². The van der Waals surface area contributed by atoms with Gasteiger partial charge in [0.2, 0.25) is 0 Å². The molecule has 0 aromatic heterocycles. The fourth-order valence-electron chi connectivity index (χ4n) is 0.460. The second-order valence-corrected chi connectivity index (χ2v) is 1.64. The molecule has 1 N–H and O–H groups in total. The van der Waals surface area contributed by atoms with Gasteiger partial charge in [-0.2, -0.15) is 0 Å². The van der Waals surface area contributed by atoms with Crippen molar-refractivity contribution in [2.24, 2.45) is 0 Å². The van der Waals surface area contributed by atoms with Crippen LogP contribution >= 0.6 is 0 Å². The molecule has 0 rings (SSSR count). The first-order valence-electron chi connectivity index (χ1n) is 2.79. The van der Waals surface area contributed by atoms with E-state index in [4.69, 9.17) is 20.4 Å². The molecule has 0 heterocycles. The molecule has 0 aliphatic rings. The van der Waals surface area contributed by atoms with Crippen molar-refractivity contribution >= 4 is 6.35 Å². The van der Waals surface area contributed by atoms with Crippen molar-refractivity contribution in [3.05, 3.63) is 0 Å². The molecule has 4 nitrogen and oxygen atoms in total. The van der Waals surface area contributed by atoms with Crippen LogP contribution < -0.4 is 34.8 Å². The fourth-order valence-corrected chi connectivity index (χ4v) is 0.460. The van der Waals surface area contributed by atoms with Gasteiger partial charge in [0.25, 0.3) is 0 Å². The van der Waals surface area contributed by atoms with Crippen molar-refractivity contribution in [3.8, 4) is 17.9 Å². The molecule has 50 valence electrons. The van der Waals surface area contributed by atoms with Crippen molar-refractivity contribution in [1.82, 2.24) is 0 Å². The number of hydrogen-bond acceptors (Lipinski definition) is 3. The smallest absolute Gasteiger partial charge is 0.554 e. The molecule has 0 aromatic carbocycles. The average Bonchev–Trinajstić information content (AvgIpc) is 2.01. The number of nitrogens with zero attached hydrogens (tertiary/aromatic N) is 2. The molecule has 0 saturated heterocycles. The first-order valence-corrected chi connectivity index (χ1v) is 2.79. The Labute approximate surface area is 87.6 Å². The zero-order chi connectivity index (χ0) is 8.04. The predicted octanol–water partition coefficient (Wildman–Crippen LogP) is -4.59.